The molecule has 0 fully saturated rings. The maximum Gasteiger partial charge on any atom is 0.263 e. The van der Waals surface area contributed by atoms with Crippen LogP contribution in [0.4, 0.5) is 23.2 Å². The summed E-state index contributed by atoms with van der Waals surface area (Å²) in [5.74, 6) is -11.3. The van der Waals surface area contributed by atoms with Gasteiger partial charge in [0.25, 0.3) is 11.8 Å². The molecular weight excluding hydrogens is 390 g/mol. The van der Waals surface area contributed by atoms with Gasteiger partial charge >= 0.3 is 0 Å². The van der Waals surface area contributed by atoms with E-state index in [1.54, 1.807) is 0 Å². The van der Waals surface area contributed by atoms with Crippen molar-refractivity contribution in [2.75, 3.05) is 12.4 Å². The summed E-state index contributed by atoms with van der Waals surface area (Å²) in [6.45, 7) is 0. The number of primary amides is 1. The molecule has 0 aliphatic carbocycles. The van der Waals surface area contributed by atoms with Crippen molar-refractivity contribution in [2.24, 2.45) is 5.73 Å². The van der Waals surface area contributed by atoms with Gasteiger partial charge in [0.2, 0.25) is 11.6 Å². The molecule has 0 heterocycles. The van der Waals surface area contributed by atoms with Crippen LogP contribution in [-0.2, 0) is 0 Å². The number of hydrogen-bond acceptors (Lipinski definition) is 4. The zero-order chi connectivity index (χ0) is 20.3. The van der Waals surface area contributed by atoms with E-state index in [9.17, 15) is 27.2 Å². The first-order valence-electron chi connectivity index (χ1n) is 7.10. The smallest absolute Gasteiger partial charge is 0.263 e. The van der Waals surface area contributed by atoms with Gasteiger partial charge in [-0.3, -0.25) is 14.9 Å². The largest absolute Gasteiger partial charge is 0.491 e. The first-order valence-corrected chi connectivity index (χ1v) is 7.50. The van der Waals surface area contributed by atoms with E-state index in [4.69, 9.17) is 18.0 Å². The zero-order valence-electron chi connectivity index (χ0n) is 13.5. The topological polar surface area (TPSA) is 93.4 Å². The fraction of sp³-hybridized carbons (Fsp3) is 0.0625. The van der Waals surface area contributed by atoms with Gasteiger partial charge in [-0.1, -0.05) is 12.1 Å². The number of hydrogen-bond donors (Lipinski definition) is 3. The summed E-state index contributed by atoms with van der Waals surface area (Å²) in [6.07, 6.45) is 0. The van der Waals surface area contributed by atoms with Crippen LogP contribution in [0.2, 0.25) is 0 Å². The Hall–Kier alpha value is -3.21. The quantitative estimate of drug-likeness (QED) is 0.416. The second-order valence-electron chi connectivity index (χ2n) is 4.98. The number of nitrogens with one attached hydrogen (secondary N) is 2. The zero-order valence-corrected chi connectivity index (χ0v) is 14.3. The average molecular weight is 401 g/mol. The molecule has 0 aliphatic rings. The van der Waals surface area contributed by atoms with Crippen LogP contribution in [-0.4, -0.2) is 24.0 Å². The lowest BCUT2D eigenvalue weighted by atomic mass is 10.1. The van der Waals surface area contributed by atoms with Gasteiger partial charge in [0, 0.05) is 0 Å². The molecule has 27 heavy (non-hydrogen) atoms. The molecule has 2 rings (SSSR count). The molecule has 142 valence electrons. The molecule has 0 radical (unpaired) electrons. The summed E-state index contributed by atoms with van der Waals surface area (Å²) in [4.78, 5) is 23.4. The molecule has 0 aliphatic heterocycles. The number of carbonyl (C=O) groups is 2. The minimum absolute atomic E-state index is 0.0213. The summed E-state index contributed by atoms with van der Waals surface area (Å²) in [7, 11) is 0.801. The SMILES string of the molecule is COc1c(F)c(F)c(C(=O)NC(=S)Nc2ccccc2C(N)=O)c(F)c1F. The fourth-order valence-electron chi connectivity index (χ4n) is 2.12. The highest BCUT2D eigenvalue weighted by Gasteiger charge is 2.30. The van der Waals surface area contributed by atoms with E-state index in [1.807, 2.05) is 5.32 Å². The predicted molar refractivity (Wildman–Crippen MR) is 91.5 cm³/mol. The Morgan fingerprint density at radius 2 is 1.59 bits per heavy atom. The summed E-state index contributed by atoms with van der Waals surface area (Å²) in [6, 6.07) is 5.79. The molecule has 11 heteroatoms. The lowest BCUT2D eigenvalue weighted by Crippen LogP contribution is -2.36. The molecule has 2 aromatic rings. The highest BCUT2D eigenvalue weighted by atomic mass is 32.1. The Labute approximate surface area is 155 Å². The van der Waals surface area contributed by atoms with E-state index >= 15 is 0 Å². The minimum Gasteiger partial charge on any atom is -0.491 e. The van der Waals surface area contributed by atoms with E-state index in [-0.39, 0.29) is 11.3 Å². The van der Waals surface area contributed by atoms with Gasteiger partial charge in [0.15, 0.2) is 22.5 Å². The van der Waals surface area contributed by atoms with E-state index in [0.29, 0.717) is 0 Å². The molecule has 2 aromatic carbocycles. The van der Waals surface area contributed by atoms with Crippen molar-refractivity contribution in [3.63, 3.8) is 0 Å². The monoisotopic (exact) mass is 401 g/mol. The van der Waals surface area contributed by atoms with Gasteiger partial charge in [-0.05, 0) is 24.4 Å². The number of ether oxygens (including phenoxy) is 1. The molecule has 0 unspecified atom stereocenters. The number of carbonyl (C=O) groups excluding carboxylic acids is 2. The Bertz CT molecular complexity index is 924. The summed E-state index contributed by atoms with van der Waals surface area (Å²) in [5.41, 5.74) is 3.77. The van der Waals surface area contributed by atoms with Crippen LogP contribution in [0.1, 0.15) is 20.7 Å². The van der Waals surface area contributed by atoms with Crippen molar-refractivity contribution in [3.8, 4) is 5.75 Å². The third-order valence-corrected chi connectivity index (χ3v) is 3.53. The molecule has 2 amide bonds. The number of anilines is 1. The van der Waals surface area contributed by atoms with Crippen LogP contribution in [0.25, 0.3) is 0 Å². The van der Waals surface area contributed by atoms with E-state index in [1.165, 1.54) is 24.3 Å². The third-order valence-electron chi connectivity index (χ3n) is 3.32. The van der Waals surface area contributed by atoms with Gasteiger partial charge in [-0.2, -0.15) is 8.78 Å². The average Bonchev–Trinajstić information content (AvgIpc) is 2.61. The number of amides is 2. The number of thiocarbonyl (C=S) groups is 1. The van der Waals surface area contributed by atoms with Gasteiger partial charge in [0.1, 0.15) is 5.56 Å². The van der Waals surface area contributed by atoms with E-state index in [2.05, 4.69) is 10.1 Å². The molecule has 0 aromatic heterocycles. The number of para-hydroxylation sites is 1. The van der Waals surface area contributed by atoms with Crippen molar-refractivity contribution in [2.45, 2.75) is 0 Å². The Morgan fingerprint density at radius 3 is 2.11 bits per heavy atom. The third kappa shape index (κ3) is 3.97. The van der Waals surface area contributed by atoms with Crippen LogP contribution >= 0.6 is 12.2 Å². The molecule has 4 N–H and O–H groups in total. The predicted octanol–water partition coefficient (Wildman–Crippen LogP) is 2.48. The molecule has 6 nitrogen and oxygen atoms in total. The lowest BCUT2D eigenvalue weighted by molar-refractivity contribution is 0.0964. The number of nitrogens with two attached hydrogens (primary N) is 1. The lowest BCUT2D eigenvalue weighted by Gasteiger charge is -2.14. The van der Waals surface area contributed by atoms with Gasteiger partial charge in [0.05, 0.1) is 18.4 Å². The summed E-state index contributed by atoms with van der Waals surface area (Å²) < 4.78 is 59.5. The highest BCUT2D eigenvalue weighted by Crippen LogP contribution is 2.29. The van der Waals surface area contributed by atoms with E-state index < -0.39 is 51.5 Å². The number of halogens is 4. The van der Waals surface area contributed by atoms with Crippen LogP contribution < -0.4 is 21.1 Å². The molecule has 0 bridgehead atoms. The summed E-state index contributed by atoms with van der Waals surface area (Å²) >= 11 is 4.81. The van der Waals surface area contributed by atoms with Crippen LogP contribution in [0.5, 0.6) is 5.75 Å². The van der Waals surface area contributed by atoms with Gasteiger partial charge in [-0.15, -0.1) is 0 Å². The van der Waals surface area contributed by atoms with Crippen LogP contribution in [0.3, 0.4) is 0 Å². The van der Waals surface area contributed by atoms with Crippen molar-refractivity contribution in [1.29, 1.82) is 0 Å². The molecular formula is C16H11F4N3O3S. The Morgan fingerprint density at radius 1 is 1.04 bits per heavy atom. The van der Waals surface area contributed by atoms with Crippen molar-refractivity contribution >= 4 is 34.8 Å². The first-order chi connectivity index (χ1) is 12.7. The second kappa shape index (κ2) is 7.99. The van der Waals surface area contributed by atoms with Crippen molar-refractivity contribution in [3.05, 3.63) is 58.7 Å². The fourth-order valence-corrected chi connectivity index (χ4v) is 2.32. The Balaban J connectivity index is 2.29. The minimum atomic E-state index is -1.96. The first kappa shape index (κ1) is 20.1. The number of methoxy groups -OCH3 is 1. The summed E-state index contributed by atoms with van der Waals surface area (Å²) in [5, 5.41) is 3.79. The maximum atomic E-state index is 13.9. The highest BCUT2D eigenvalue weighted by molar-refractivity contribution is 7.80. The van der Waals surface area contributed by atoms with Crippen LogP contribution in [0, 0.1) is 23.3 Å². The molecule has 0 saturated carbocycles. The standard InChI is InChI=1S/C16H11F4N3O3S/c1-26-13-11(19)9(17)8(10(18)12(13)20)15(25)23-16(27)22-7-5-3-2-4-6(7)14(21)24/h2-5H,1H3,(H2,21,24)(H2,22,23,25,27). The van der Waals surface area contributed by atoms with E-state index in [0.717, 1.165) is 7.11 Å². The van der Waals surface area contributed by atoms with Gasteiger partial charge < -0.3 is 15.8 Å². The molecule has 0 spiro atoms. The normalized spacial score (nSPS) is 10.3. The molecule has 0 saturated heterocycles. The number of benzene rings is 2. The second-order valence-corrected chi connectivity index (χ2v) is 5.39. The number of rotatable bonds is 4. The Kier molecular flexibility index (Phi) is 5.95. The van der Waals surface area contributed by atoms with Crippen molar-refractivity contribution < 1.29 is 31.9 Å². The maximum absolute atomic E-state index is 13.9. The molecule has 0 atom stereocenters. The van der Waals surface area contributed by atoms with Crippen LogP contribution in [0.15, 0.2) is 24.3 Å². The van der Waals surface area contributed by atoms with Crippen molar-refractivity contribution in [1.82, 2.24) is 5.32 Å². The van der Waals surface area contributed by atoms with Gasteiger partial charge in [-0.25, -0.2) is 8.78 Å².